The highest BCUT2D eigenvalue weighted by Crippen LogP contribution is 2.18. The van der Waals surface area contributed by atoms with Gasteiger partial charge in [-0.05, 0) is 83.5 Å². The minimum atomic E-state index is -0.844. The Morgan fingerprint density at radius 2 is 0.630 bits per heavy atom. The molecule has 0 aliphatic rings. The van der Waals surface area contributed by atoms with E-state index < -0.39 is 12.1 Å². The summed E-state index contributed by atoms with van der Waals surface area (Å²) in [4.78, 5) is 24.6. The monoisotopic (exact) mass is 1140 g/mol. The highest BCUT2D eigenvalue weighted by molar-refractivity contribution is 5.76. The largest absolute Gasteiger partial charge is 0.466 e. The maximum absolute atomic E-state index is 12.5. The molecular formula is C75H141NO5. The van der Waals surface area contributed by atoms with Crippen molar-refractivity contribution in [1.29, 1.82) is 0 Å². The maximum atomic E-state index is 12.5. The van der Waals surface area contributed by atoms with Gasteiger partial charge in [0.25, 0.3) is 0 Å². The van der Waals surface area contributed by atoms with E-state index >= 15 is 0 Å². The molecule has 6 nitrogen and oxygen atoms in total. The molecule has 0 saturated carbocycles. The third-order valence-corrected chi connectivity index (χ3v) is 16.8. The standard InChI is InChI=1S/C75H141NO5/c1-3-5-7-9-11-13-15-17-19-20-34-37-40-43-47-51-55-59-63-67-73(78)72(71-77)76-74(79)68-64-60-56-52-48-44-41-38-35-32-30-28-26-24-22-21-23-25-27-29-31-33-36-39-42-46-50-54-58-62-66-70-81-75(80)69-65-61-57-53-49-45-18-16-14-12-10-8-6-4-2/h10,12,16,18,23,25,63,67,72-73,77-78H,3-9,11,13-15,17,19-22,24,26-62,64-66,68-71H2,1-2H3,(H,76,79)/b12-10-,18-16-,25-23-,67-63+. The molecule has 81 heavy (non-hydrogen) atoms. The van der Waals surface area contributed by atoms with Gasteiger partial charge in [-0.15, -0.1) is 0 Å². The molecule has 476 valence electrons. The van der Waals surface area contributed by atoms with Crippen LogP contribution in [0.15, 0.2) is 48.6 Å². The first-order valence-electron chi connectivity index (χ1n) is 36.4. The summed E-state index contributed by atoms with van der Waals surface area (Å²) in [7, 11) is 0. The Morgan fingerprint density at radius 3 is 0.988 bits per heavy atom. The number of aliphatic hydroxyl groups excluding tert-OH is 2. The molecule has 0 saturated heterocycles. The lowest BCUT2D eigenvalue weighted by Gasteiger charge is -2.20. The van der Waals surface area contributed by atoms with Crippen LogP contribution in [-0.2, 0) is 14.3 Å². The second-order valence-electron chi connectivity index (χ2n) is 24.9. The van der Waals surface area contributed by atoms with Crippen LogP contribution in [-0.4, -0.2) is 47.4 Å². The molecule has 0 fully saturated rings. The first-order chi connectivity index (χ1) is 40.0. The Morgan fingerprint density at radius 1 is 0.346 bits per heavy atom. The predicted molar refractivity (Wildman–Crippen MR) is 356 cm³/mol. The summed E-state index contributed by atoms with van der Waals surface area (Å²) in [5, 5.41) is 23.2. The molecule has 0 aromatic heterocycles. The fourth-order valence-electron chi connectivity index (χ4n) is 11.2. The van der Waals surface area contributed by atoms with E-state index in [0.717, 1.165) is 51.4 Å². The summed E-state index contributed by atoms with van der Waals surface area (Å²) < 4.78 is 5.48. The predicted octanol–water partition coefficient (Wildman–Crippen LogP) is 23.6. The van der Waals surface area contributed by atoms with E-state index in [0.29, 0.717) is 19.4 Å². The van der Waals surface area contributed by atoms with Crippen molar-refractivity contribution < 1.29 is 24.5 Å². The lowest BCUT2D eigenvalue weighted by atomic mass is 10.0. The van der Waals surface area contributed by atoms with Gasteiger partial charge in [-0.25, -0.2) is 0 Å². The van der Waals surface area contributed by atoms with Crippen LogP contribution in [0.4, 0.5) is 0 Å². The van der Waals surface area contributed by atoms with Crippen LogP contribution >= 0.6 is 0 Å². The van der Waals surface area contributed by atoms with Crippen LogP contribution in [0.25, 0.3) is 0 Å². The number of unbranched alkanes of at least 4 members (excludes halogenated alkanes) is 51. The second-order valence-corrected chi connectivity index (χ2v) is 24.9. The van der Waals surface area contributed by atoms with Crippen LogP contribution in [0.2, 0.25) is 0 Å². The average Bonchev–Trinajstić information content (AvgIpc) is 3.47. The zero-order valence-electron chi connectivity index (χ0n) is 54.5. The van der Waals surface area contributed by atoms with Gasteiger partial charge >= 0.3 is 5.97 Å². The molecule has 0 aromatic rings. The van der Waals surface area contributed by atoms with Crippen molar-refractivity contribution in [3.05, 3.63) is 48.6 Å². The lowest BCUT2D eigenvalue weighted by molar-refractivity contribution is -0.143. The van der Waals surface area contributed by atoms with Gasteiger partial charge in [0.05, 0.1) is 25.4 Å². The number of hydrogen-bond acceptors (Lipinski definition) is 5. The Labute approximate surface area is 506 Å². The van der Waals surface area contributed by atoms with Gasteiger partial charge in [-0.1, -0.05) is 345 Å². The maximum Gasteiger partial charge on any atom is 0.305 e. The fraction of sp³-hybridized carbons (Fsp3) is 0.867. The molecule has 3 N–H and O–H groups in total. The van der Waals surface area contributed by atoms with E-state index in [-0.39, 0.29) is 18.5 Å². The summed E-state index contributed by atoms with van der Waals surface area (Å²) >= 11 is 0. The summed E-state index contributed by atoms with van der Waals surface area (Å²) in [5.74, 6) is -0.0600. The number of esters is 1. The fourth-order valence-corrected chi connectivity index (χ4v) is 11.2. The Bertz CT molecular complexity index is 1360. The van der Waals surface area contributed by atoms with Crippen LogP contribution in [0.1, 0.15) is 393 Å². The number of ether oxygens (including phenoxy) is 1. The molecule has 0 aliphatic heterocycles. The number of carbonyl (C=O) groups is 2. The number of nitrogens with one attached hydrogen (secondary N) is 1. The SMILES string of the molecule is CCCC/C=C\C/C=C\CCCCCCCC(=O)OCCCCCCCCCCCCCC/C=C\CCCCCCCCCCCCCCCCCC(=O)NC(CO)C(O)/C=C/CCCCCCCCCCCCCCCCCCC. The summed E-state index contributed by atoms with van der Waals surface area (Å²) in [5.41, 5.74) is 0. The first-order valence-corrected chi connectivity index (χ1v) is 36.4. The smallest absolute Gasteiger partial charge is 0.305 e. The Hall–Kier alpha value is -2.18. The van der Waals surface area contributed by atoms with E-state index in [2.05, 4.69) is 55.6 Å². The number of rotatable bonds is 68. The highest BCUT2D eigenvalue weighted by Gasteiger charge is 2.18. The van der Waals surface area contributed by atoms with Crippen molar-refractivity contribution in [2.75, 3.05) is 13.2 Å². The molecule has 2 atom stereocenters. The first kappa shape index (κ1) is 78.8. The van der Waals surface area contributed by atoms with Crippen molar-refractivity contribution in [2.45, 2.75) is 405 Å². The van der Waals surface area contributed by atoms with Crippen LogP contribution in [0, 0.1) is 0 Å². The van der Waals surface area contributed by atoms with Gasteiger partial charge in [0, 0.05) is 12.8 Å². The number of hydrogen-bond donors (Lipinski definition) is 3. The summed E-state index contributed by atoms with van der Waals surface area (Å²) in [6.07, 6.45) is 92.0. The molecule has 0 heterocycles. The number of carbonyl (C=O) groups excluding carboxylic acids is 2. The van der Waals surface area contributed by atoms with E-state index in [4.69, 9.17) is 4.74 Å². The number of amides is 1. The third kappa shape index (κ3) is 66.8. The summed E-state index contributed by atoms with van der Waals surface area (Å²) in [6, 6.07) is -0.627. The van der Waals surface area contributed by atoms with Crippen LogP contribution < -0.4 is 5.32 Å². The van der Waals surface area contributed by atoms with E-state index in [1.165, 1.54) is 315 Å². The van der Waals surface area contributed by atoms with Crippen molar-refractivity contribution in [2.24, 2.45) is 0 Å². The van der Waals surface area contributed by atoms with E-state index in [1.54, 1.807) is 6.08 Å². The third-order valence-electron chi connectivity index (χ3n) is 16.8. The second kappa shape index (κ2) is 70.3. The van der Waals surface area contributed by atoms with Crippen molar-refractivity contribution in [3.63, 3.8) is 0 Å². The van der Waals surface area contributed by atoms with Gasteiger partial charge in [-0.3, -0.25) is 9.59 Å². The lowest BCUT2D eigenvalue weighted by Crippen LogP contribution is -2.45. The molecule has 0 aromatic carbocycles. The van der Waals surface area contributed by atoms with Gasteiger partial charge in [0.1, 0.15) is 0 Å². The normalized spacial score (nSPS) is 12.8. The van der Waals surface area contributed by atoms with Crippen LogP contribution in [0.5, 0.6) is 0 Å². The molecule has 0 radical (unpaired) electrons. The topological polar surface area (TPSA) is 95.9 Å². The van der Waals surface area contributed by atoms with Gasteiger partial charge < -0.3 is 20.3 Å². The van der Waals surface area contributed by atoms with E-state index in [1.807, 2.05) is 6.08 Å². The van der Waals surface area contributed by atoms with Gasteiger partial charge in [-0.2, -0.15) is 0 Å². The zero-order chi connectivity index (χ0) is 58.5. The molecule has 6 heteroatoms. The van der Waals surface area contributed by atoms with Gasteiger partial charge in [0.15, 0.2) is 0 Å². The molecule has 0 rings (SSSR count). The molecule has 1 amide bonds. The van der Waals surface area contributed by atoms with Gasteiger partial charge in [0.2, 0.25) is 5.91 Å². The average molecular weight is 1140 g/mol. The Balaban J connectivity index is 3.39. The number of allylic oxidation sites excluding steroid dienone is 7. The van der Waals surface area contributed by atoms with E-state index in [9.17, 15) is 19.8 Å². The van der Waals surface area contributed by atoms with Crippen molar-refractivity contribution in [1.82, 2.24) is 5.32 Å². The zero-order valence-corrected chi connectivity index (χ0v) is 54.5. The minimum Gasteiger partial charge on any atom is -0.466 e. The molecule has 0 spiro atoms. The molecule has 2 unspecified atom stereocenters. The minimum absolute atomic E-state index is 0.00284. The molecule has 0 bridgehead atoms. The van der Waals surface area contributed by atoms with Crippen LogP contribution in [0.3, 0.4) is 0 Å². The summed E-state index contributed by atoms with van der Waals surface area (Å²) in [6.45, 7) is 4.89. The van der Waals surface area contributed by atoms with Crippen molar-refractivity contribution in [3.8, 4) is 0 Å². The Kier molecular flexibility index (Phi) is 68.4. The molecular weight excluding hydrogens is 995 g/mol. The highest BCUT2D eigenvalue weighted by atomic mass is 16.5. The van der Waals surface area contributed by atoms with Crippen molar-refractivity contribution >= 4 is 11.9 Å². The quantitative estimate of drug-likeness (QED) is 0.0320. The molecule has 0 aliphatic carbocycles. The number of aliphatic hydroxyl groups is 2.